The van der Waals surface area contributed by atoms with Gasteiger partial charge in [-0.15, -0.1) is 0 Å². The van der Waals surface area contributed by atoms with Gasteiger partial charge in [0, 0.05) is 6.54 Å². The summed E-state index contributed by atoms with van der Waals surface area (Å²) in [7, 11) is 0. The molecule has 0 spiro atoms. The van der Waals surface area contributed by atoms with Gasteiger partial charge in [-0.1, -0.05) is 31.0 Å². The molecule has 0 aromatic heterocycles. The number of hydrogen-bond acceptors (Lipinski definition) is 4. The van der Waals surface area contributed by atoms with Crippen LogP contribution in [0.3, 0.4) is 0 Å². The van der Waals surface area contributed by atoms with Crippen molar-refractivity contribution in [2.75, 3.05) is 26.2 Å². The second-order valence-corrected chi connectivity index (χ2v) is 11.5. The fourth-order valence-corrected chi connectivity index (χ4v) is 8.10. The largest absolute Gasteiger partial charge is 0.394 e. The Bertz CT molecular complexity index is 697. The Labute approximate surface area is 183 Å². The molecule has 1 unspecified atom stereocenters. The predicted molar refractivity (Wildman–Crippen MR) is 121 cm³/mol. The summed E-state index contributed by atoms with van der Waals surface area (Å²) in [6, 6.07) is 0. The van der Waals surface area contributed by atoms with E-state index in [0.29, 0.717) is 5.41 Å². The van der Waals surface area contributed by atoms with Gasteiger partial charge in [0.15, 0.2) is 0 Å². The van der Waals surface area contributed by atoms with Gasteiger partial charge in [-0.25, -0.2) is 0 Å². The Morgan fingerprint density at radius 3 is 2.70 bits per heavy atom. The molecule has 1 saturated heterocycles. The number of piperidine rings is 1. The Kier molecular flexibility index (Phi) is 5.77. The van der Waals surface area contributed by atoms with Crippen LogP contribution in [-0.4, -0.2) is 48.1 Å². The van der Waals surface area contributed by atoms with Gasteiger partial charge in [0.2, 0.25) is 0 Å². The molecular weight excluding hydrogens is 372 g/mol. The molecule has 0 aromatic rings. The first kappa shape index (κ1) is 21.0. The van der Waals surface area contributed by atoms with E-state index in [0.717, 1.165) is 49.5 Å². The van der Waals surface area contributed by atoms with Gasteiger partial charge in [-0.3, -0.25) is 4.90 Å². The molecule has 1 aliphatic heterocycles. The van der Waals surface area contributed by atoms with Crippen LogP contribution >= 0.6 is 0 Å². The van der Waals surface area contributed by atoms with Crippen LogP contribution in [0.25, 0.3) is 0 Å². The van der Waals surface area contributed by atoms with E-state index >= 15 is 0 Å². The SMILES string of the molecule is C[C@]12CC/C(=N/OCCN3CCCCC3)C=C1CC[C@@H]1[C@@H]2CC[C@]2(C)C(O)CC[C@@H]12. The summed E-state index contributed by atoms with van der Waals surface area (Å²) in [5.41, 5.74) is 3.32. The minimum atomic E-state index is -0.0691. The molecule has 5 rings (SSSR count). The van der Waals surface area contributed by atoms with Crippen LogP contribution in [0.5, 0.6) is 0 Å². The molecule has 168 valence electrons. The molecule has 0 aromatic carbocycles. The van der Waals surface area contributed by atoms with Crippen molar-refractivity contribution in [1.29, 1.82) is 0 Å². The highest BCUT2D eigenvalue weighted by molar-refractivity contribution is 5.96. The summed E-state index contributed by atoms with van der Waals surface area (Å²) < 4.78 is 0. The van der Waals surface area contributed by atoms with E-state index in [1.54, 1.807) is 5.57 Å². The zero-order valence-corrected chi connectivity index (χ0v) is 19.2. The highest BCUT2D eigenvalue weighted by Crippen LogP contribution is 2.65. The molecule has 0 bridgehead atoms. The molecule has 1 N–H and O–H groups in total. The monoisotopic (exact) mass is 414 g/mol. The van der Waals surface area contributed by atoms with Crippen molar-refractivity contribution in [3.63, 3.8) is 0 Å². The number of aliphatic hydroxyl groups excluding tert-OH is 1. The fraction of sp³-hybridized carbons (Fsp3) is 0.885. The molecule has 1 heterocycles. The number of fused-ring (bicyclic) bond motifs is 5. The Morgan fingerprint density at radius 1 is 1.03 bits per heavy atom. The average molecular weight is 415 g/mol. The topological polar surface area (TPSA) is 45.1 Å². The summed E-state index contributed by atoms with van der Waals surface area (Å²) in [5, 5.41) is 15.2. The van der Waals surface area contributed by atoms with E-state index in [1.165, 1.54) is 70.9 Å². The Morgan fingerprint density at radius 2 is 1.87 bits per heavy atom. The fourth-order valence-electron chi connectivity index (χ4n) is 8.10. The summed E-state index contributed by atoms with van der Waals surface area (Å²) in [5.74, 6) is 2.34. The molecular formula is C26H42N2O2. The van der Waals surface area contributed by atoms with Crippen molar-refractivity contribution >= 4 is 5.71 Å². The van der Waals surface area contributed by atoms with Crippen LogP contribution in [0.1, 0.15) is 84.5 Å². The van der Waals surface area contributed by atoms with Crippen LogP contribution in [0.15, 0.2) is 16.8 Å². The van der Waals surface area contributed by atoms with Gasteiger partial charge in [0.05, 0.1) is 11.8 Å². The van der Waals surface area contributed by atoms with E-state index in [4.69, 9.17) is 4.84 Å². The number of aliphatic hydroxyl groups is 1. The van der Waals surface area contributed by atoms with Crippen LogP contribution in [0.2, 0.25) is 0 Å². The molecule has 4 fully saturated rings. The second-order valence-electron chi connectivity index (χ2n) is 11.5. The summed E-state index contributed by atoms with van der Waals surface area (Å²) in [6.07, 6.45) is 16.0. The zero-order valence-electron chi connectivity index (χ0n) is 19.2. The molecule has 5 aliphatic rings. The number of hydrogen-bond donors (Lipinski definition) is 1. The van der Waals surface area contributed by atoms with Crippen LogP contribution < -0.4 is 0 Å². The van der Waals surface area contributed by atoms with Crippen molar-refractivity contribution in [3.8, 4) is 0 Å². The van der Waals surface area contributed by atoms with Gasteiger partial charge in [-0.2, -0.15) is 0 Å². The summed E-state index contributed by atoms with van der Waals surface area (Å²) in [4.78, 5) is 8.26. The minimum absolute atomic E-state index is 0.0691. The van der Waals surface area contributed by atoms with E-state index in [1.807, 2.05) is 0 Å². The molecule has 4 heteroatoms. The van der Waals surface area contributed by atoms with Gasteiger partial charge < -0.3 is 9.94 Å². The molecule has 4 nitrogen and oxygen atoms in total. The number of oxime groups is 1. The lowest BCUT2D eigenvalue weighted by atomic mass is 9.47. The maximum atomic E-state index is 10.6. The van der Waals surface area contributed by atoms with Crippen molar-refractivity contribution in [1.82, 2.24) is 4.90 Å². The number of rotatable bonds is 4. The third-order valence-corrected chi connectivity index (χ3v) is 10.1. The third-order valence-electron chi connectivity index (χ3n) is 10.1. The normalized spacial score (nSPS) is 45.4. The molecule has 0 radical (unpaired) electrons. The van der Waals surface area contributed by atoms with E-state index in [-0.39, 0.29) is 11.5 Å². The lowest BCUT2D eigenvalue weighted by Crippen LogP contribution is -2.51. The lowest BCUT2D eigenvalue weighted by Gasteiger charge is -2.57. The van der Waals surface area contributed by atoms with Gasteiger partial charge in [-0.05, 0) is 112 Å². The Balaban J connectivity index is 1.23. The van der Waals surface area contributed by atoms with E-state index in [9.17, 15) is 5.11 Å². The van der Waals surface area contributed by atoms with Gasteiger partial charge in [0.1, 0.15) is 6.61 Å². The van der Waals surface area contributed by atoms with Gasteiger partial charge >= 0.3 is 0 Å². The first-order valence-electron chi connectivity index (χ1n) is 12.8. The predicted octanol–water partition coefficient (Wildman–Crippen LogP) is 5.17. The van der Waals surface area contributed by atoms with Crippen molar-refractivity contribution in [3.05, 3.63) is 11.6 Å². The van der Waals surface area contributed by atoms with Crippen molar-refractivity contribution in [2.45, 2.75) is 90.6 Å². The molecule has 3 saturated carbocycles. The zero-order chi connectivity index (χ0) is 20.8. The molecule has 0 amide bonds. The minimum Gasteiger partial charge on any atom is -0.394 e. The molecule has 4 aliphatic carbocycles. The highest BCUT2D eigenvalue weighted by atomic mass is 16.6. The third kappa shape index (κ3) is 3.56. The van der Waals surface area contributed by atoms with E-state index < -0.39 is 0 Å². The number of likely N-dealkylation sites (tertiary alicyclic amines) is 1. The quantitative estimate of drug-likeness (QED) is 0.510. The molecule has 30 heavy (non-hydrogen) atoms. The highest BCUT2D eigenvalue weighted by Gasteiger charge is 2.58. The number of nitrogens with zero attached hydrogens (tertiary/aromatic N) is 2. The van der Waals surface area contributed by atoms with E-state index in [2.05, 4.69) is 30.0 Å². The Hall–Kier alpha value is -0.870. The molecule has 6 atom stereocenters. The first-order chi connectivity index (χ1) is 14.5. The maximum Gasteiger partial charge on any atom is 0.129 e. The van der Waals surface area contributed by atoms with Crippen molar-refractivity contribution in [2.24, 2.45) is 33.7 Å². The van der Waals surface area contributed by atoms with Crippen LogP contribution in [0.4, 0.5) is 0 Å². The average Bonchev–Trinajstić information content (AvgIpc) is 3.07. The second kappa shape index (κ2) is 8.24. The van der Waals surface area contributed by atoms with Crippen LogP contribution in [-0.2, 0) is 4.84 Å². The summed E-state index contributed by atoms with van der Waals surface area (Å²) in [6.45, 7) is 9.10. The van der Waals surface area contributed by atoms with Crippen molar-refractivity contribution < 1.29 is 9.94 Å². The smallest absolute Gasteiger partial charge is 0.129 e. The first-order valence-corrected chi connectivity index (χ1v) is 12.8. The van der Waals surface area contributed by atoms with Crippen LogP contribution in [0, 0.1) is 28.6 Å². The summed E-state index contributed by atoms with van der Waals surface area (Å²) >= 11 is 0. The van der Waals surface area contributed by atoms with Gasteiger partial charge in [0.25, 0.3) is 0 Å². The maximum absolute atomic E-state index is 10.6. The number of allylic oxidation sites excluding steroid dienone is 2. The lowest BCUT2D eigenvalue weighted by molar-refractivity contribution is -0.0722. The standard InChI is InChI=1S/C26H42N2O2/c1-25-12-10-20(27-30-17-16-28-14-4-3-5-15-28)18-19(25)6-7-21-22-8-9-24(29)26(22,2)13-11-23(21)25/h18,21-24,29H,3-17H2,1-2H3/b27-20-/t21-,22-,23-,24?,25-,26-/m0/s1.